The minimum Gasteiger partial charge on any atom is -0.338 e. The minimum absolute atomic E-state index is 0.00715. The van der Waals surface area contributed by atoms with Crippen molar-refractivity contribution in [2.24, 2.45) is 5.92 Å². The van der Waals surface area contributed by atoms with Crippen molar-refractivity contribution in [3.05, 3.63) is 45.5 Å². The number of hydrogen-bond acceptors (Lipinski definition) is 4. The number of nitrogens with zero attached hydrogens (tertiary/aromatic N) is 4. The summed E-state index contributed by atoms with van der Waals surface area (Å²) in [4.78, 5) is 34.1. The molecule has 0 radical (unpaired) electrons. The van der Waals surface area contributed by atoms with E-state index in [1.54, 1.807) is 16.3 Å². The molecule has 1 amide bonds. The van der Waals surface area contributed by atoms with Crippen LogP contribution in [0.15, 0.2) is 23.0 Å². The highest BCUT2D eigenvalue weighted by Gasteiger charge is 2.29. The van der Waals surface area contributed by atoms with Gasteiger partial charge in [0, 0.05) is 32.5 Å². The van der Waals surface area contributed by atoms with E-state index in [1.165, 1.54) is 32.1 Å². The number of aromatic amines is 1. The van der Waals surface area contributed by atoms with E-state index in [-0.39, 0.29) is 11.5 Å². The lowest BCUT2D eigenvalue weighted by atomic mass is 9.91. The van der Waals surface area contributed by atoms with Crippen molar-refractivity contribution in [3.8, 4) is 0 Å². The molecule has 160 valence electrons. The maximum absolute atomic E-state index is 13.2. The second-order valence-electron chi connectivity index (χ2n) is 9.09. The molecule has 3 aliphatic rings. The molecule has 0 spiro atoms. The molecule has 1 saturated heterocycles. The highest BCUT2D eigenvalue weighted by molar-refractivity contribution is 5.73. The lowest BCUT2D eigenvalue weighted by molar-refractivity contribution is -0.129. The molecule has 2 aromatic rings. The van der Waals surface area contributed by atoms with Crippen molar-refractivity contribution in [1.82, 2.24) is 24.4 Å². The Labute approximate surface area is 176 Å². The third kappa shape index (κ3) is 3.60. The van der Waals surface area contributed by atoms with Gasteiger partial charge < -0.3 is 4.90 Å². The summed E-state index contributed by atoms with van der Waals surface area (Å²) in [6.45, 7) is 4.79. The fourth-order valence-electron chi connectivity index (χ4n) is 5.35. The fourth-order valence-corrected chi connectivity index (χ4v) is 5.35. The van der Waals surface area contributed by atoms with Gasteiger partial charge in [-0.3, -0.25) is 19.6 Å². The molecule has 0 bridgehead atoms. The van der Waals surface area contributed by atoms with Crippen molar-refractivity contribution in [2.45, 2.75) is 64.5 Å². The number of likely N-dealkylation sites (tertiary alicyclic amines) is 1. The van der Waals surface area contributed by atoms with Crippen LogP contribution in [0.4, 0.5) is 0 Å². The predicted octanol–water partition coefficient (Wildman–Crippen LogP) is 2.81. The van der Waals surface area contributed by atoms with E-state index in [4.69, 9.17) is 4.98 Å². The van der Waals surface area contributed by atoms with Gasteiger partial charge in [-0.25, -0.2) is 9.50 Å². The minimum atomic E-state index is -0.0630. The smallest absolute Gasteiger partial charge is 0.277 e. The summed E-state index contributed by atoms with van der Waals surface area (Å²) in [6.07, 6.45) is 12.5. The topological polar surface area (TPSA) is 73.7 Å². The Morgan fingerprint density at radius 2 is 2.13 bits per heavy atom. The summed E-state index contributed by atoms with van der Waals surface area (Å²) in [6, 6.07) is 2.39. The monoisotopic (exact) mass is 409 g/mol. The van der Waals surface area contributed by atoms with Crippen LogP contribution < -0.4 is 5.56 Å². The van der Waals surface area contributed by atoms with Crippen LogP contribution in [0.1, 0.15) is 68.4 Å². The van der Waals surface area contributed by atoms with Crippen molar-refractivity contribution in [1.29, 1.82) is 0 Å². The van der Waals surface area contributed by atoms with Gasteiger partial charge in [0.2, 0.25) is 5.91 Å². The number of carbonyl (C=O) groups is 1. The van der Waals surface area contributed by atoms with Gasteiger partial charge in [-0.15, -0.1) is 0 Å². The first-order chi connectivity index (χ1) is 14.6. The quantitative estimate of drug-likeness (QED) is 0.791. The predicted molar refractivity (Wildman–Crippen MR) is 115 cm³/mol. The van der Waals surface area contributed by atoms with E-state index in [1.807, 2.05) is 0 Å². The fraction of sp³-hybridized carbons (Fsp3) is 0.609. The average molecular weight is 410 g/mol. The Hall–Kier alpha value is -2.41. The molecule has 0 aromatic carbocycles. The molecule has 4 heterocycles. The molecule has 7 heteroatoms. The number of aromatic nitrogens is 3. The van der Waals surface area contributed by atoms with E-state index in [0.29, 0.717) is 36.8 Å². The van der Waals surface area contributed by atoms with Crippen LogP contribution >= 0.6 is 0 Å². The van der Waals surface area contributed by atoms with Gasteiger partial charge in [0.25, 0.3) is 5.56 Å². The zero-order valence-corrected chi connectivity index (χ0v) is 17.8. The van der Waals surface area contributed by atoms with E-state index in [9.17, 15) is 9.59 Å². The van der Waals surface area contributed by atoms with Crippen LogP contribution in [0.2, 0.25) is 0 Å². The van der Waals surface area contributed by atoms with Crippen molar-refractivity contribution in [3.63, 3.8) is 0 Å². The lowest BCUT2D eigenvalue weighted by Gasteiger charge is -2.37. The number of piperidine rings is 1. The summed E-state index contributed by atoms with van der Waals surface area (Å²) < 4.78 is 1.59. The average Bonchev–Trinajstić information content (AvgIpc) is 3.19. The first-order valence-corrected chi connectivity index (χ1v) is 11.4. The molecule has 30 heavy (non-hydrogen) atoms. The number of hydrogen-bond donors (Lipinski definition) is 1. The largest absolute Gasteiger partial charge is 0.338 e. The van der Waals surface area contributed by atoms with Crippen LogP contribution in [0.3, 0.4) is 0 Å². The molecule has 1 fully saturated rings. The summed E-state index contributed by atoms with van der Waals surface area (Å²) in [5.74, 6) is 0.735. The number of allylic oxidation sites excluding steroid dienone is 2. The van der Waals surface area contributed by atoms with Gasteiger partial charge in [-0.2, -0.15) is 0 Å². The SMILES string of the molecule is CC(=O)N1CCc2nc3cc(C4CCCCN4CC4CC=CCC4)[nH]n3c(=O)c2C1. The molecule has 1 aliphatic carbocycles. The van der Waals surface area contributed by atoms with Crippen LogP contribution in [-0.4, -0.2) is 49.9 Å². The van der Waals surface area contributed by atoms with Gasteiger partial charge >= 0.3 is 0 Å². The highest BCUT2D eigenvalue weighted by atomic mass is 16.2. The van der Waals surface area contributed by atoms with E-state index in [0.717, 1.165) is 36.8 Å². The van der Waals surface area contributed by atoms with Gasteiger partial charge in [0.1, 0.15) is 0 Å². The number of nitrogens with one attached hydrogen (secondary N) is 1. The molecule has 1 N–H and O–H groups in total. The number of H-pyrrole nitrogens is 1. The molecule has 5 rings (SSSR count). The third-order valence-corrected chi connectivity index (χ3v) is 7.07. The lowest BCUT2D eigenvalue weighted by Crippen LogP contribution is -2.39. The summed E-state index contributed by atoms with van der Waals surface area (Å²) in [7, 11) is 0. The molecule has 2 atom stereocenters. The maximum Gasteiger partial charge on any atom is 0.277 e. The van der Waals surface area contributed by atoms with Gasteiger partial charge in [0.15, 0.2) is 5.65 Å². The van der Waals surface area contributed by atoms with E-state index >= 15 is 0 Å². The molecule has 2 aliphatic heterocycles. The molecule has 2 aromatic heterocycles. The van der Waals surface area contributed by atoms with Crippen LogP contribution in [0, 0.1) is 5.92 Å². The Morgan fingerprint density at radius 1 is 1.23 bits per heavy atom. The maximum atomic E-state index is 13.2. The van der Waals surface area contributed by atoms with Crippen LogP contribution in [0.5, 0.6) is 0 Å². The Morgan fingerprint density at radius 3 is 2.93 bits per heavy atom. The van der Waals surface area contributed by atoms with E-state index in [2.05, 4.69) is 28.2 Å². The molecule has 0 saturated carbocycles. The number of amides is 1. The highest BCUT2D eigenvalue weighted by Crippen LogP contribution is 2.33. The Bertz CT molecular complexity index is 1040. The summed E-state index contributed by atoms with van der Waals surface area (Å²) in [5, 5.41) is 3.38. The zero-order valence-electron chi connectivity index (χ0n) is 17.8. The molecule has 2 unspecified atom stereocenters. The number of rotatable bonds is 3. The normalized spacial score (nSPS) is 24.9. The molecular formula is C23H31N5O2. The molecule has 7 nitrogen and oxygen atoms in total. The first kappa shape index (κ1) is 19.5. The Kier molecular flexibility index (Phi) is 5.23. The van der Waals surface area contributed by atoms with Crippen molar-refractivity contribution in [2.75, 3.05) is 19.6 Å². The summed E-state index contributed by atoms with van der Waals surface area (Å²) in [5.41, 5.74) is 3.23. The molecular weight excluding hydrogens is 378 g/mol. The van der Waals surface area contributed by atoms with Crippen LogP contribution in [-0.2, 0) is 17.8 Å². The standard InChI is InChI=1S/C23H31N5O2/c1-16(29)26-12-10-19-18(15-26)23(30)28-22(24-19)13-20(25-28)21-9-5-6-11-27(21)14-17-7-3-2-4-8-17/h2-3,13,17,21,25H,4-12,14-15H2,1H3. The summed E-state index contributed by atoms with van der Waals surface area (Å²) >= 11 is 0. The third-order valence-electron chi connectivity index (χ3n) is 7.07. The zero-order chi connectivity index (χ0) is 20.7. The Balaban J connectivity index is 1.45. The van der Waals surface area contributed by atoms with Gasteiger partial charge in [-0.05, 0) is 44.6 Å². The second-order valence-corrected chi connectivity index (χ2v) is 9.09. The van der Waals surface area contributed by atoms with Crippen molar-refractivity contribution >= 4 is 11.6 Å². The van der Waals surface area contributed by atoms with Gasteiger partial charge in [0.05, 0.1) is 29.5 Å². The van der Waals surface area contributed by atoms with Crippen LogP contribution in [0.25, 0.3) is 5.65 Å². The van der Waals surface area contributed by atoms with Gasteiger partial charge in [-0.1, -0.05) is 18.6 Å². The van der Waals surface area contributed by atoms with E-state index < -0.39 is 0 Å². The number of carbonyl (C=O) groups excluding carboxylic acids is 1. The second kappa shape index (κ2) is 8.02. The first-order valence-electron chi connectivity index (χ1n) is 11.4. The number of fused-ring (bicyclic) bond motifs is 2. The van der Waals surface area contributed by atoms with Crippen molar-refractivity contribution < 1.29 is 4.79 Å².